The summed E-state index contributed by atoms with van der Waals surface area (Å²) in [5, 5.41) is 0. The molecule has 0 spiro atoms. The molecule has 0 bridgehead atoms. The van der Waals surface area contributed by atoms with Gasteiger partial charge in [-0.1, -0.05) is 32.8 Å². The fourth-order valence-electron chi connectivity index (χ4n) is 2.90. The molecule has 0 saturated heterocycles. The van der Waals surface area contributed by atoms with Crippen LogP contribution in [0, 0.1) is 0 Å². The van der Waals surface area contributed by atoms with Crippen molar-refractivity contribution >= 4 is 11.9 Å². The van der Waals surface area contributed by atoms with Gasteiger partial charge in [-0.3, -0.25) is 0 Å². The van der Waals surface area contributed by atoms with Crippen LogP contribution in [0.5, 0.6) is 0 Å². The zero-order valence-corrected chi connectivity index (χ0v) is 23.1. The average Bonchev–Trinajstić information content (AvgIpc) is 2.94. The monoisotopic (exact) mass is 542 g/mol. The third-order valence-corrected chi connectivity index (χ3v) is 5.03. The summed E-state index contributed by atoms with van der Waals surface area (Å²) < 4.78 is 42.8. The Morgan fingerprint density at radius 3 is 1.16 bits per heavy atom. The molecule has 1 rings (SSSR count). The number of benzene rings is 1. The molecule has 0 N–H and O–H groups in total. The summed E-state index contributed by atoms with van der Waals surface area (Å²) >= 11 is 0. The van der Waals surface area contributed by atoms with E-state index < -0.39 is 11.9 Å². The molecule has 0 atom stereocenters. The molecule has 0 unspecified atom stereocenters. The molecule has 0 radical (unpaired) electrons. The smallest absolute Gasteiger partial charge is 0.338 e. The SMILES string of the molecule is CCCCOCCOCCOCCOC(=O)c1cccc(C(=O)OCCOCCOCCOCCCC)c1. The van der Waals surface area contributed by atoms with Crippen LogP contribution in [0.3, 0.4) is 0 Å². The van der Waals surface area contributed by atoms with Gasteiger partial charge in [-0.25, -0.2) is 9.59 Å². The highest BCUT2D eigenvalue weighted by atomic mass is 16.6. The minimum atomic E-state index is -0.539. The first-order valence-electron chi connectivity index (χ1n) is 13.6. The highest BCUT2D eigenvalue weighted by molar-refractivity contribution is 5.95. The lowest BCUT2D eigenvalue weighted by atomic mass is 10.1. The van der Waals surface area contributed by atoms with Crippen LogP contribution < -0.4 is 0 Å². The van der Waals surface area contributed by atoms with Crippen LogP contribution in [0.25, 0.3) is 0 Å². The average molecular weight is 543 g/mol. The normalized spacial score (nSPS) is 11.0. The number of esters is 2. The van der Waals surface area contributed by atoms with E-state index >= 15 is 0 Å². The van der Waals surface area contributed by atoms with Crippen molar-refractivity contribution in [3.05, 3.63) is 35.4 Å². The molecule has 10 nitrogen and oxygen atoms in total. The molecule has 0 heterocycles. The van der Waals surface area contributed by atoms with Crippen molar-refractivity contribution in [1.82, 2.24) is 0 Å². The van der Waals surface area contributed by atoms with Gasteiger partial charge in [0.15, 0.2) is 0 Å². The van der Waals surface area contributed by atoms with Gasteiger partial charge in [0.05, 0.1) is 77.2 Å². The minimum absolute atomic E-state index is 0.0978. The number of carbonyl (C=O) groups excluding carboxylic acids is 2. The molecule has 0 aliphatic carbocycles. The summed E-state index contributed by atoms with van der Waals surface area (Å²) in [4.78, 5) is 24.5. The lowest BCUT2D eigenvalue weighted by Gasteiger charge is -2.09. The summed E-state index contributed by atoms with van der Waals surface area (Å²) in [6, 6.07) is 6.20. The summed E-state index contributed by atoms with van der Waals surface area (Å²) in [6.45, 7) is 10.3. The number of unbranched alkanes of at least 4 members (excludes halogenated alkanes) is 2. The predicted octanol–water partition coefficient (Wildman–Crippen LogP) is 3.70. The fraction of sp³-hybridized carbons (Fsp3) is 0.714. The molecule has 1 aromatic carbocycles. The molecule has 38 heavy (non-hydrogen) atoms. The van der Waals surface area contributed by atoms with E-state index in [1.807, 2.05) is 0 Å². The van der Waals surface area contributed by atoms with Crippen molar-refractivity contribution in [1.29, 1.82) is 0 Å². The van der Waals surface area contributed by atoms with Crippen LogP contribution in [0.4, 0.5) is 0 Å². The second-order valence-corrected chi connectivity index (χ2v) is 8.23. The first-order chi connectivity index (χ1) is 18.7. The van der Waals surface area contributed by atoms with Crippen LogP contribution in [-0.2, 0) is 37.9 Å². The third-order valence-electron chi connectivity index (χ3n) is 5.03. The molecule has 0 fully saturated rings. The Kier molecular flexibility index (Phi) is 22.5. The van der Waals surface area contributed by atoms with Gasteiger partial charge in [-0.2, -0.15) is 0 Å². The van der Waals surface area contributed by atoms with E-state index in [0.29, 0.717) is 52.9 Å². The van der Waals surface area contributed by atoms with Gasteiger partial charge < -0.3 is 37.9 Å². The van der Waals surface area contributed by atoms with E-state index in [0.717, 1.165) is 38.9 Å². The molecule has 1 aromatic rings. The zero-order valence-electron chi connectivity index (χ0n) is 23.1. The lowest BCUT2D eigenvalue weighted by Crippen LogP contribution is -2.15. The predicted molar refractivity (Wildman–Crippen MR) is 142 cm³/mol. The lowest BCUT2D eigenvalue weighted by molar-refractivity contribution is 0.000135. The second kappa shape index (κ2) is 25.2. The molecule has 0 amide bonds. The molecule has 0 aliphatic rings. The van der Waals surface area contributed by atoms with Crippen LogP contribution >= 0.6 is 0 Å². The van der Waals surface area contributed by atoms with Crippen molar-refractivity contribution in [3.63, 3.8) is 0 Å². The topological polar surface area (TPSA) is 108 Å². The second-order valence-electron chi connectivity index (χ2n) is 8.23. The Labute approximate surface area is 227 Å². The molecule has 0 saturated carbocycles. The Morgan fingerprint density at radius 1 is 0.500 bits per heavy atom. The Balaban J connectivity index is 2.06. The minimum Gasteiger partial charge on any atom is -0.460 e. The molecular formula is C28H46O10. The van der Waals surface area contributed by atoms with E-state index in [1.165, 1.54) is 6.07 Å². The highest BCUT2D eigenvalue weighted by Gasteiger charge is 2.12. The summed E-state index contributed by atoms with van der Waals surface area (Å²) in [5.41, 5.74) is 0.524. The van der Waals surface area contributed by atoms with Crippen molar-refractivity contribution in [2.45, 2.75) is 39.5 Å². The number of hydrogen-bond donors (Lipinski definition) is 0. The standard InChI is InChI=1S/C28H46O10/c1-3-5-10-31-12-14-33-16-18-35-20-22-37-27(29)25-8-7-9-26(24-25)28(30)38-23-21-36-19-17-34-15-13-32-11-6-4-2/h7-9,24H,3-6,10-23H2,1-2H3. The third kappa shape index (κ3) is 19.1. The Morgan fingerprint density at radius 2 is 0.816 bits per heavy atom. The number of ether oxygens (including phenoxy) is 8. The van der Waals surface area contributed by atoms with E-state index in [2.05, 4.69) is 13.8 Å². The van der Waals surface area contributed by atoms with Gasteiger partial charge in [0.25, 0.3) is 0 Å². The maximum Gasteiger partial charge on any atom is 0.338 e. The van der Waals surface area contributed by atoms with Crippen LogP contribution in [-0.4, -0.2) is 104 Å². The van der Waals surface area contributed by atoms with Gasteiger partial charge >= 0.3 is 11.9 Å². The van der Waals surface area contributed by atoms with E-state index in [1.54, 1.807) is 18.2 Å². The van der Waals surface area contributed by atoms with E-state index in [9.17, 15) is 9.59 Å². The molecule has 0 aliphatic heterocycles. The fourth-order valence-corrected chi connectivity index (χ4v) is 2.90. The van der Waals surface area contributed by atoms with Crippen molar-refractivity contribution in [2.24, 2.45) is 0 Å². The summed E-state index contributed by atoms with van der Waals surface area (Å²) in [6.07, 6.45) is 4.33. The molecular weight excluding hydrogens is 496 g/mol. The zero-order chi connectivity index (χ0) is 27.5. The highest BCUT2D eigenvalue weighted by Crippen LogP contribution is 2.08. The van der Waals surface area contributed by atoms with Gasteiger partial charge in [-0.15, -0.1) is 0 Å². The van der Waals surface area contributed by atoms with Crippen molar-refractivity contribution in [2.75, 3.05) is 92.5 Å². The molecule has 218 valence electrons. The van der Waals surface area contributed by atoms with Gasteiger partial charge in [0, 0.05) is 13.2 Å². The van der Waals surface area contributed by atoms with E-state index in [-0.39, 0.29) is 37.6 Å². The summed E-state index contributed by atoms with van der Waals surface area (Å²) in [7, 11) is 0. The largest absolute Gasteiger partial charge is 0.460 e. The number of rotatable bonds is 26. The Bertz CT molecular complexity index is 657. The van der Waals surface area contributed by atoms with Crippen molar-refractivity contribution in [3.8, 4) is 0 Å². The number of hydrogen-bond acceptors (Lipinski definition) is 10. The van der Waals surface area contributed by atoms with Gasteiger partial charge in [-0.05, 0) is 31.0 Å². The van der Waals surface area contributed by atoms with Crippen molar-refractivity contribution < 1.29 is 47.5 Å². The summed E-state index contributed by atoms with van der Waals surface area (Å²) in [5.74, 6) is -1.08. The first kappa shape index (κ1) is 33.9. The van der Waals surface area contributed by atoms with Gasteiger partial charge in [0.2, 0.25) is 0 Å². The molecule has 0 aromatic heterocycles. The van der Waals surface area contributed by atoms with E-state index in [4.69, 9.17) is 37.9 Å². The number of carbonyl (C=O) groups is 2. The molecule has 10 heteroatoms. The van der Waals surface area contributed by atoms with Crippen LogP contribution in [0.2, 0.25) is 0 Å². The van der Waals surface area contributed by atoms with Gasteiger partial charge in [0.1, 0.15) is 13.2 Å². The Hall–Kier alpha value is -2.08. The van der Waals surface area contributed by atoms with Crippen LogP contribution in [0.15, 0.2) is 24.3 Å². The first-order valence-corrected chi connectivity index (χ1v) is 13.6. The quantitative estimate of drug-likeness (QED) is 0.127. The van der Waals surface area contributed by atoms with Crippen LogP contribution in [0.1, 0.15) is 60.2 Å². The maximum absolute atomic E-state index is 12.3. The maximum atomic E-state index is 12.3.